The molecule has 0 radical (unpaired) electrons. The molecule has 0 heterocycles. The number of carbonyl (C=O) groups excluding carboxylic acids is 2. The Hall–Kier alpha value is -1.75. The fourth-order valence-corrected chi connectivity index (χ4v) is 2.52. The molecule has 0 unspecified atom stereocenters. The van der Waals surface area contributed by atoms with Crippen molar-refractivity contribution < 1.29 is 9.59 Å². The lowest BCUT2D eigenvalue weighted by molar-refractivity contribution is -0.120. The topological polar surface area (TPSA) is 70.2 Å². The van der Waals surface area contributed by atoms with Gasteiger partial charge in [0.25, 0.3) is 0 Å². The second-order valence-electron chi connectivity index (χ2n) is 5.22. The summed E-state index contributed by atoms with van der Waals surface area (Å²) >= 11 is 5.76. The summed E-state index contributed by atoms with van der Waals surface area (Å²) in [5.41, 5.74) is 0.629. The van der Waals surface area contributed by atoms with E-state index in [1.165, 1.54) is 6.42 Å². The highest BCUT2D eigenvalue weighted by atomic mass is 35.5. The average molecular weight is 310 g/mol. The number of hydrogen-bond acceptors (Lipinski definition) is 2. The summed E-state index contributed by atoms with van der Waals surface area (Å²) in [5, 5.41) is 8.73. The predicted octanol–water partition coefficient (Wildman–Crippen LogP) is 2.91. The molecule has 0 aromatic heterocycles. The monoisotopic (exact) mass is 309 g/mol. The average Bonchev–Trinajstić information content (AvgIpc) is 2.49. The molecule has 1 aliphatic rings. The van der Waals surface area contributed by atoms with Gasteiger partial charge >= 0.3 is 6.03 Å². The van der Waals surface area contributed by atoms with Crippen molar-refractivity contribution in [3.05, 3.63) is 29.3 Å². The van der Waals surface area contributed by atoms with Crippen LogP contribution >= 0.6 is 11.6 Å². The Kier molecular flexibility index (Phi) is 5.87. The third-order valence-corrected chi connectivity index (χ3v) is 3.73. The van der Waals surface area contributed by atoms with E-state index in [0.29, 0.717) is 10.7 Å². The Bertz CT molecular complexity index is 484. The van der Waals surface area contributed by atoms with Crippen molar-refractivity contribution in [3.63, 3.8) is 0 Å². The van der Waals surface area contributed by atoms with Crippen molar-refractivity contribution in [2.24, 2.45) is 0 Å². The van der Waals surface area contributed by atoms with Crippen molar-refractivity contribution in [3.8, 4) is 0 Å². The van der Waals surface area contributed by atoms with Gasteiger partial charge in [0.2, 0.25) is 5.91 Å². The molecule has 2 rings (SSSR count). The van der Waals surface area contributed by atoms with Gasteiger partial charge in [0.05, 0.1) is 6.54 Å². The first-order chi connectivity index (χ1) is 10.1. The highest BCUT2D eigenvalue weighted by molar-refractivity contribution is 6.30. The van der Waals surface area contributed by atoms with Crippen LogP contribution < -0.4 is 16.0 Å². The van der Waals surface area contributed by atoms with Crippen LogP contribution in [0.3, 0.4) is 0 Å². The smallest absolute Gasteiger partial charge is 0.319 e. The summed E-state index contributed by atoms with van der Waals surface area (Å²) in [6.07, 6.45) is 5.63. The summed E-state index contributed by atoms with van der Waals surface area (Å²) in [4.78, 5) is 23.4. The standard InChI is InChI=1S/C15H20ClN3O2/c16-11-6-8-13(9-7-11)19-15(21)17-10-14(20)18-12-4-2-1-3-5-12/h6-9,12H,1-5,10H2,(H,18,20)(H2,17,19,21). The number of urea groups is 1. The molecule has 1 aliphatic carbocycles. The molecule has 0 aliphatic heterocycles. The summed E-state index contributed by atoms with van der Waals surface area (Å²) < 4.78 is 0. The zero-order valence-corrected chi connectivity index (χ0v) is 12.6. The molecule has 0 atom stereocenters. The minimum absolute atomic E-state index is 0.0179. The zero-order valence-electron chi connectivity index (χ0n) is 11.8. The van der Waals surface area contributed by atoms with Gasteiger partial charge in [-0.15, -0.1) is 0 Å². The van der Waals surface area contributed by atoms with E-state index in [1.54, 1.807) is 24.3 Å². The van der Waals surface area contributed by atoms with Crippen molar-refractivity contribution in [2.75, 3.05) is 11.9 Å². The first-order valence-electron chi connectivity index (χ1n) is 7.23. The normalized spacial score (nSPS) is 15.3. The summed E-state index contributed by atoms with van der Waals surface area (Å²) in [6, 6.07) is 6.62. The third-order valence-electron chi connectivity index (χ3n) is 3.48. The van der Waals surface area contributed by atoms with Crippen molar-refractivity contribution in [2.45, 2.75) is 38.1 Å². The fourth-order valence-electron chi connectivity index (χ4n) is 2.39. The van der Waals surface area contributed by atoms with Crippen LogP contribution in [-0.2, 0) is 4.79 Å². The van der Waals surface area contributed by atoms with E-state index in [1.807, 2.05) is 0 Å². The summed E-state index contributed by atoms with van der Waals surface area (Å²) in [6.45, 7) is -0.0179. The largest absolute Gasteiger partial charge is 0.352 e. The van der Waals surface area contributed by atoms with E-state index < -0.39 is 6.03 Å². The van der Waals surface area contributed by atoms with Crippen LogP contribution in [0.4, 0.5) is 10.5 Å². The van der Waals surface area contributed by atoms with E-state index >= 15 is 0 Å². The lowest BCUT2D eigenvalue weighted by atomic mass is 9.95. The predicted molar refractivity (Wildman–Crippen MR) is 83.5 cm³/mol. The molecule has 6 heteroatoms. The maximum Gasteiger partial charge on any atom is 0.319 e. The van der Waals surface area contributed by atoms with E-state index in [0.717, 1.165) is 25.7 Å². The first kappa shape index (κ1) is 15.6. The Labute approximate surface area is 129 Å². The fraction of sp³-hybridized carbons (Fsp3) is 0.467. The van der Waals surface area contributed by atoms with Gasteiger partial charge in [-0.25, -0.2) is 4.79 Å². The summed E-state index contributed by atoms with van der Waals surface area (Å²) in [7, 11) is 0. The molecule has 1 aromatic carbocycles. The molecule has 0 spiro atoms. The molecule has 1 fully saturated rings. The number of anilines is 1. The minimum Gasteiger partial charge on any atom is -0.352 e. The van der Waals surface area contributed by atoms with Gasteiger partial charge < -0.3 is 16.0 Å². The third kappa shape index (κ3) is 5.63. The Balaban J connectivity index is 1.68. The van der Waals surface area contributed by atoms with Crippen LogP contribution in [0.1, 0.15) is 32.1 Å². The number of carbonyl (C=O) groups is 2. The molecule has 1 aromatic rings. The SMILES string of the molecule is O=C(CNC(=O)Nc1ccc(Cl)cc1)NC1CCCCC1. The quantitative estimate of drug-likeness (QED) is 0.800. The molecule has 21 heavy (non-hydrogen) atoms. The van der Waals surface area contributed by atoms with Crippen LogP contribution in [0.15, 0.2) is 24.3 Å². The molecule has 114 valence electrons. The van der Waals surface area contributed by atoms with Gasteiger partial charge in [0.15, 0.2) is 0 Å². The molecule has 0 saturated heterocycles. The second kappa shape index (κ2) is 7.88. The van der Waals surface area contributed by atoms with Crippen molar-refractivity contribution in [1.82, 2.24) is 10.6 Å². The highest BCUT2D eigenvalue weighted by Gasteiger charge is 2.15. The number of rotatable bonds is 4. The van der Waals surface area contributed by atoms with Gasteiger partial charge in [0, 0.05) is 16.8 Å². The van der Waals surface area contributed by atoms with E-state index in [4.69, 9.17) is 11.6 Å². The molecular formula is C15H20ClN3O2. The minimum atomic E-state index is -0.406. The van der Waals surface area contributed by atoms with Crippen LogP contribution in [0.25, 0.3) is 0 Å². The van der Waals surface area contributed by atoms with Crippen molar-refractivity contribution in [1.29, 1.82) is 0 Å². The van der Waals surface area contributed by atoms with E-state index in [9.17, 15) is 9.59 Å². The van der Waals surface area contributed by atoms with Gasteiger partial charge in [-0.1, -0.05) is 30.9 Å². The number of halogens is 1. The number of benzene rings is 1. The Morgan fingerprint density at radius 2 is 1.76 bits per heavy atom. The lowest BCUT2D eigenvalue weighted by Crippen LogP contribution is -2.43. The van der Waals surface area contributed by atoms with Crippen LogP contribution in [-0.4, -0.2) is 24.5 Å². The highest BCUT2D eigenvalue weighted by Crippen LogP contribution is 2.17. The lowest BCUT2D eigenvalue weighted by Gasteiger charge is -2.22. The van der Waals surface area contributed by atoms with E-state index in [-0.39, 0.29) is 18.5 Å². The van der Waals surface area contributed by atoms with Crippen molar-refractivity contribution >= 4 is 29.2 Å². The number of hydrogen-bond donors (Lipinski definition) is 3. The van der Waals surface area contributed by atoms with Gasteiger partial charge in [0.1, 0.15) is 0 Å². The Morgan fingerprint density at radius 1 is 1.10 bits per heavy atom. The zero-order chi connectivity index (χ0) is 15.1. The van der Waals surface area contributed by atoms with Crippen LogP contribution in [0, 0.1) is 0 Å². The van der Waals surface area contributed by atoms with E-state index in [2.05, 4.69) is 16.0 Å². The molecule has 0 bridgehead atoms. The molecule has 5 nitrogen and oxygen atoms in total. The van der Waals surface area contributed by atoms with Gasteiger partial charge in [-0.3, -0.25) is 4.79 Å². The number of amides is 3. The molecule has 3 N–H and O–H groups in total. The molecular weight excluding hydrogens is 290 g/mol. The van der Waals surface area contributed by atoms with Crippen LogP contribution in [0.2, 0.25) is 5.02 Å². The van der Waals surface area contributed by atoms with Crippen LogP contribution in [0.5, 0.6) is 0 Å². The van der Waals surface area contributed by atoms with Gasteiger partial charge in [-0.2, -0.15) is 0 Å². The number of nitrogens with one attached hydrogen (secondary N) is 3. The Morgan fingerprint density at radius 3 is 2.43 bits per heavy atom. The van der Waals surface area contributed by atoms with Gasteiger partial charge in [-0.05, 0) is 37.1 Å². The first-order valence-corrected chi connectivity index (χ1v) is 7.61. The molecule has 1 saturated carbocycles. The second-order valence-corrected chi connectivity index (χ2v) is 5.65. The molecule has 3 amide bonds. The maximum atomic E-state index is 11.7. The maximum absolute atomic E-state index is 11.7. The summed E-state index contributed by atoms with van der Waals surface area (Å²) in [5.74, 6) is -0.145.